The van der Waals surface area contributed by atoms with Gasteiger partial charge >= 0.3 is 0 Å². The van der Waals surface area contributed by atoms with Gasteiger partial charge in [-0.25, -0.2) is 0 Å². The summed E-state index contributed by atoms with van der Waals surface area (Å²) in [7, 11) is 0. The highest BCUT2D eigenvalue weighted by atomic mass is 13.9. The molecule has 0 aliphatic carbocycles. The first kappa shape index (κ1) is 11.0. The van der Waals surface area contributed by atoms with Gasteiger partial charge in [0, 0.05) is 0 Å². The van der Waals surface area contributed by atoms with Crippen LogP contribution in [0.4, 0.5) is 0 Å². The maximum atomic E-state index is 2.33. The van der Waals surface area contributed by atoms with Gasteiger partial charge in [-0.3, -0.25) is 0 Å². The molecule has 1 rings (SSSR count). The molecule has 76 valence electrons. The molecule has 0 heterocycles. The van der Waals surface area contributed by atoms with Crippen molar-refractivity contribution >= 4 is 12.2 Å². The third-order valence-corrected chi connectivity index (χ3v) is 2.30. The van der Waals surface area contributed by atoms with E-state index in [9.17, 15) is 0 Å². The molecule has 0 spiro atoms. The van der Waals surface area contributed by atoms with Crippen LogP contribution in [0, 0.1) is 0 Å². The fraction of sp³-hybridized carbons (Fsp3) is 0.429. The first-order valence-corrected chi connectivity index (χ1v) is 5.64. The Kier molecular flexibility index (Phi) is 5.06. The second kappa shape index (κ2) is 6.42. The Hall–Kier alpha value is -1.04. The van der Waals surface area contributed by atoms with E-state index in [2.05, 4.69) is 50.3 Å². The van der Waals surface area contributed by atoms with Crippen molar-refractivity contribution in [3.63, 3.8) is 0 Å². The number of rotatable bonds is 4. The molecule has 0 nitrogen and oxygen atoms in total. The number of hydrogen-bond acceptors (Lipinski definition) is 0. The van der Waals surface area contributed by atoms with Gasteiger partial charge in [0.15, 0.2) is 0 Å². The molecule has 0 unspecified atom stereocenters. The van der Waals surface area contributed by atoms with Crippen LogP contribution in [0.3, 0.4) is 0 Å². The first-order valence-electron chi connectivity index (χ1n) is 5.64. The number of unbranched alkanes of at least 4 members (excludes halogenated alkanes) is 2. The minimum Gasteiger partial charge on any atom is -0.0767 e. The van der Waals surface area contributed by atoms with Gasteiger partial charge in [0.05, 0.1) is 0 Å². The van der Waals surface area contributed by atoms with E-state index < -0.39 is 0 Å². The standard InChI is InChI=1S/C14H20/c1-3-5-9-13-11-7-8-12-14(13)10-6-4-2/h7-12H,3-6H2,1-2H3/b13-9-,14-10+. The molecule has 0 fully saturated rings. The van der Waals surface area contributed by atoms with Crippen LogP contribution in [0.5, 0.6) is 0 Å². The molecular weight excluding hydrogens is 168 g/mol. The van der Waals surface area contributed by atoms with Crippen molar-refractivity contribution in [3.05, 3.63) is 34.7 Å². The highest BCUT2D eigenvalue weighted by Crippen LogP contribution is 1.88. The molecule has 1 aromatic rings. The topological polar surface area (TPSA) is 0 Å². The fourth-order valence-corrected chi connectivity index (χ4v) is 1.48. The average Bonchev–Trinajstić information content (AvgIpc) is 2.24. The molecular formula is C14H20. The zero-order valence-electron chi connectivity index (χ0n) is 9.29. The predicted octanol–water partition coefficient (Wildman–Crippen LogP) is 2.85. The van der Waals surface area contributed by atoms with Crippen molar-refractivity contribution in [1.82, 2.24) is 0 Å². The van der Waals surface area contributed by atoms with Crippen molar-refractivity contribution in [1.29, 1.82) is 0 Å². The molecule has 0 amide bonds. The van der Waals surface area contributed by atoms with Gasteiger partial charge in [-0.05, 0) is 23.3 Å². The Morgan fingerprint density at radius 3 is 1.64 bits per heavy atom. The third-order valence-electron chi connectivity index (χ3n) is 2.30. The zero-order chi connectivity index (χ0) is 10.2. The van der Waals surface area contributed by atoms with Crippen molar-refractivity contribution < 1.29 is 0 Å². The molecule has 0 atom stereocenters. The summed E-state index contributed by atoms with van der Waals surface area (Å²) in [5.74, 6) is 0. The van der Waals surface area contributed by atoms with Crippen LogP contribution in [0.15, 0.2) is 24.3 Å². The normalized spacial score (nSPS) is 13.6. The van der Waals surface area contributed by atoms with Gasteiger partial charge in [0.1, 0.15) is 0 Å². The average molecular weight is 188 g/mol. The summed E-state index contributed by atoms with van der Waals surface area (Å²) in [6, 6.07) is 8.64. The smallest absolute Gasteiger partial charge is 0.0227 e. The van der Waals surface area contributed by atoms with Crippen LogP contribution in [-0.4, -0.2) is 0 Å². The lowest BCUT2D eigenvalue weighted by Crippen LogP contribution is -2.23. The first-order chi connectivity index (χ1) is 6.88. The van der Waals surface area contributed by atoms with Gasteiger partial charge in [-0.2, -0.15) is 0 Å². The monoisotopic (exact) mass is 188 g/mol. The Morgan fingerprint density at radius 2 is 1.29 bits per heavy atom. The molecule has 0 saturated heterocycles. The quantitative estimate of drug-likeness (QED) is 0.681. The molecule has 0 radical (unpaired) electrons. The lowest BCUT2D eigenvalue weighted by molar-refractivity contribution is 0.985. The van der Waals surface area contributed by atoms with Crippen LogP contribution in [0.1, 0.15) is 39.5 Å². The minimum absolute atomic E-state index is 1.18. The summed E-state index contributed by atoms with van der Waals surface area (Å²) < 4.78 is 0. The van der Waals surface area contributed by atoms with Crippen LogP contribution >= 0.6 is 0 Å². The lowest BCUT2D eigenvalue weighted by atomic mass is 10.1. The van der Waals surface area contributed by atoms with Crippen LogP contribution in [-0.2, 0) is 0 Å². The maximum Gasteiger partial charge on any atom is -0.0227 e. The Labute approximate surface area is 87.0 Å². The summed E-state index contributed by atoms with van der Waals surface area (Å²) in [5.41, 5.74) is 0. The van der Waals surface area contributed by atoms with Crippen LogP contribution < -0.4 is 10.4 Å². The number of hydrogen-bond donors (Lipinski definition) is 0. The van der Waals surface area contributed by atoms with E-state index in [-0.39, 0.29) is 0 Å². The van der Waals surface area contributed by atoms with Gasteiger partial charge in [0.2, 0.25) is 0 Å². The molecule has 1 aromatic carbocycles. The van der Waals surface area contributed by atoms with E-state index in [0.717, 1.165) is 0 Å². The maximum absolute atomic E-state index is 2.33. The predicted molar refractivity (Wildman–Crippen MR) is 64.4 cm³/mol. The van der Waals surface area contributed by atoms with E-state index in [0.29, 0.717) is 0 Å². The van der Waals surface area contributed by atoms with Crippen molar-refractivity contribution in [2.45, 2.75) is 39.5 Å². The van der Waals surface area contributed by atoms with Crippen molar-refractivity contribution in [3.8, 4) is 0 Å². The summed E-state index contributed by atoms with van der Waals surface area (Å²) in [6.07, 6.45) is 9.47. The molecule has 0 heteroatoms. The molecule has 0 aromatic heterocycles. The highest BCUT2D eigenvalue weighted by molar-refractivity contribution is 5.31. The third kappa shape index (κ3) is 3.37. The molecule has 0 aliphatic rings. The van der Waals surface area contributed by atoms with Crippen molar-refractivity contribution in [2.24, 2.45) is 0 Å². The Morgan fingerprint density at radius 1 is 0.857 bits per heavy atom. The summed E-state index contributed by atoms with van der Waals surface area (Å²) in [6.45, 7) is 4.43. The molecule has 0 bridgehead atoms. The Balaban J connectivity index is 3.03. The highest BCUT2D eigenvalue weighted by Gasteiger charge is 1.83. The minimum atomic E-state index is 1.18. The summed E-state index contributed by atoms with van der Waals surface area (Å²) >= 11 is 0. The lowest BCUT2D eigenvalue weighted by Gasteiger charge is -1.91. The van der Waals surface area contributed by atoms with Gasteiger partial charge in [-0.1, -0.05) is 63.1 Å². The molecule has 14 heavy (non-hydrogen) atoms. The van der Waals surface area contributed by atoms with Gasteiger partial charge in [-0.15, -0.1) is 0 Å². The largest absolute Gasteiger partial charge is 0.0767 e. The van der Waals surface area contributed by atoms with Gasteiger partial charge < -0.3 is 0 Å². The fourth-order valence-electron chi connectivity index (χ4n) is 1.48. The Bertz CT molecular complexity index is 323. The van der Waals surface area contributed by atoms with Gasteiger partial charge in [0.25, 0.3) is 0 Å². The summed E-state index contributed by atoms with van der Waals surface area (Å²) in [4.78, 5) is 0. The van der Waals surface area contributed by atoms with E-state index in [1.165, 1.54) is 36.1 Å². The van der Waals surface area contributed by atoms with Crippen molar-refractivity contribution in [2.75, 3.05) is 0 Å². The zero-order valence-corrected chi connectivity index (χ0v) is 9.29. The molecule has 0 saturated carbocycles. The molecule has 0 aliphatic heterocycles. The van der Waals surface area contributed by atoms with E-state index in [1.807, 2.05) is 0 Å². The molecule has 0 N–H and O–H groups in total. The second-order valence-corrected chi connectivity index (χ2v) is 3.61. The second-order valence-electron chi connectivity index (χ2n) is 3.61. The SMILES string of the molecule is CCC/C=c1/cccc/c1=C\CCC. The van der Waals surface area contributed by atoms with E-state index in [1.54, 1.807) is 0 Å². The van der Waals surface area contributed by atoms with E-state index >= 15 is 0 Å². The summed E-state index contributed by atoms with van der Waals surface area (Å²) in [5, 5.41) is 2.78. The van der Waals surface area contributed by atoms with Crippen LogP contribution in [0.2, 0.25) is 0 Å². The van der Waals surface area contributed by atoms with Crippen LogP contribution in [0.25, 0.3) is 12.2 Å². The van der Waals surface area contributed by atoms with E-state index in [4.69, 9.17) is 0 Å². The number of benzene rings is 1.